The molecule has 188 valence electrons. The second-order valence-electron chi connectivity index (χ2n) is 7.91. The Labute approximate surface area is 211 Å². The summed E-state index contributed by atoms with van der Waals surface area (Å²) in [4.78, 5) is 12.9. The van der Waals surface area contributed by atoms with Crippen molar-refractivity contribution in [2.75, 3.05) is 24.6 Å². The van der Waals surface area contributed by atoms with Gasteiger partial charge >= 0.3 is 0 Å². The van der Waals surface area contributed by atoms with Gasteiger partial charge in [-0.25, -0.2) is 13.8 Å². The highest BCUT2D eigenvalue weighted by atomic mass is 32.2. The van der Waals surface area contributed by atoms with Crippen LogP contribution in [0.1, 0.15) is 16.7 Å². The van der Waals surface area contributed by atoms with E-state index in [0.717, 1.165) is 15.4 Å². The summed E-state index contributed by atoms with van der Waals surface area (Å²) < 4.78 is 38.9. The summed E-state index contributed by atoms with van der Waals surface area (Å²) in [5, 5.41) is 3.99. The van der Waals surface area contributed by atoms with E-state index in [1.54, 1.807) is 61.5 Å². The molecule has 0 aliphatic heterocycles. The van der Waals surface area contributed by atoms with Crippen molar-refractivity contribution in [3.8, 4) is 11.5 Å². The number of nitrogens with one attached hydrogen (secondary N) is 1. The van der Waals surface area contributed by atoms with E-state index in [1.807, 2.05) is 13.0 Å². The fourth-order valence-corrected chi connectivity index (χ4v) is 4.84. The number of anilines is 1. The van der Waals surface area contributed by atoms with Gasteiger partial charge in [0.1, 0.15) is 13.2 Å². The maximum Gasteiger partial charge on any atom is 0.264 e. The predicted molar refractivity (Wildman–Crippen MR) is 141 cm³/mol. The molecule has 0 aromatic heterocycles. The van der Waals surface area contributed by atoms with Crippen LogP contribution in [-0.2, 0) is 14.8 Å². The molecule has 0 atom stereocenters. The third-order valence-electron chi connectivity index (χ3n) is 5.23. The number of hydrogen-bond acceptors (Lipinski definition) is 6. The summed E-state index contributed by atoms with van der Waals surface area (Å²) in [5.74, 6) is 0.457. The quantitative estimate of drug-likeness (QED) is 0.238. The van der Waals surface area contributed by atoms with E-state index in [-0.39, 0.29) is 4.90 Å². The highest BCUT2D eigenvalue weighted by Gasteiger charge is 2.28. The molecule has 1 N–H and O–H groups in total. The Balaban J connectivity index is 1.80. The molecule has 0 aliphatic rings. The first kappa shape index (κ1) is 26.5. The number of sulfonamides is 1. The third-order valence-corrected chi connectivity index (χ3v) is 7.00. The van der Waals surface area contributed by atoms with Gasteiger partial charge in [0, 0.05) is 0 Å². The summed E-state index contributed by atoms with van der Waals surface area (Å²) in [5.41, 5.74) is 5.13. The van der Waals surface area contributed by atoms with E-state index in [9.17, 15) is 13.2 Å². The number of carbonyl (C=O) groups excluding carboxylic acids is 1. The lowest BCUT2D eigenvalue weighted by Crippen LogP contribution is -2.40. The van der Waals surface area contributed by atoms with Crippen LogP contribution in [0.2, 0.25) is 0 Å². The molecular formula is C27H29N3O5S. The largest absolute Gasteiger partial charge is 0.493 e. The van der Waals surface area contributed by atoms with Gasteiger partial charge in [0.15, 0.2) is 11.5 Å². The molecule has 3 aromatic carbocycles. The number of methoxy groups -OCH3 is 1. The molecular weight excluding hydrogens is 478 g/mol. The molecule has 36 heavy (non-hydrogen) atoms. The van der Waals surface area contributed by atoms with E-state index >= 15 is 0 Å². The number of carbonyl (C=O) groups is 1. The molecule has 1 amide bonds. The van der Waals surface area contributed by atoms with Crippen LogP contribution >= 0.6 is 0 Å². The maximum absolute atomic E-state index is 13.5. The average molecular weight is 508 g/mol. The van der Waals surface area contributed by atoms with Gasteiger partial charge in [-0.05, 0) is 61.4 Å². The molecule has 3 rings (SSSR count). The van der Waals surface area contributed by atoms with Gasteiger partial charge in [-0.2, -0.15) is 5.10 Å². The highest BCUT2D eigenvalue weighted by molar-refractivity contribution is 7.92. The Morgan fingerprint density at radius 1 is 1.06 bits per heavy atom. The van der Waals surface area contributed by atoms with Gasteiger partial charge in [-0.1, -0.05) is 48.6 Å². The van der Waals surface area contributed by atoms with Crippen molar-refractivity contribution >= 4 is 27.8 Å². The molecule has 0 spiro atoms. The van der Waals surface area contributed by atoms with Crippen molar-refractivity contribution < 1.29 is 22.7 Å². The number of benzene rings is 3. The lowest BCUT2D eigenvalue weighted by atomic mass is 10.2. The van der Waals surface area contributed by atoms with E-state index in [4.69, 9.17) is 9.47 Å². The van der Waals surface area contributed by atoms with Crippen molar-refractivity contribution in [1.29, 1.82) is 0 Å². The van der Waals surface area contributed by atoms with E-state index in [1.165, 1.54) is 25.5 Å². The van der Waals surface area contributed by atoms with Gasteiger partial charge < -0.3 is 9.47 Å². The lowest BCUT2D eigenvalue weighted by molar-refractivity contribution is -0.119. The standard InChI is InChI=1S/C27H29N3O5S/c1-5-16-35-25-15-12-22(17-26(25)34-4)18-28-29-27(31)19-30(24-9-7-6-8-21(24)3)36(32,33)23-13-10-20(2)11-14-23/h5-15,17-18H,1,16,19H2,2-4H3,(H,29,31)/b28-18-. The van der Waals surface area contributed by atoms with Crippen molar-refractivity contribution in [1.82, 2.24) is 5.43 Å². The van der Waals surface area contributed by atoms with E-state index in [0.29, 0.717) is 29.4 Å². The monoisotopic (exact) mass is 507 g/mol. The molecule has 0 fully saturated rings. The molecule has 0 radical (unpaired) electrons. The Morgan fingerprint density at radius 3 is 2.44 bits per heavy atom. The minimum atomic E-state index is -4.00. The highest BCUT2D eigenvalue weighted by Crippen LogP contribution is 2.28. The Kier molecular flexibility index (Phi) is 8.86. The Hall–Kier alpha value is -4.11. The minimum Gasteiger partial charge on any atom is -0.493 e. The number of ether oxygens (including phenoxy) is 2. The van der Waals surface area contributed by atoms with Crippen LogP contribution in [0.25, 0.3) is 0 Å². The fraction of sp³-hybridized carbons (Fsp3) is 0.185. The van der Waals surface area contributed by atoms with Crippen LogP contribution in [0, 0.1) is 13.8 Å². The first-order chi connectivity index (χ1) is 17.3. The SMILES string of the molecule is C=CCOc1ccc(/C=N\NC(=O)CN(c2ccccc2C)S(=O)(=O)c2ccc(C)cc2)cc1OC. The predicted octanol–water partition coefficient (Wildman–Crippen LogP) is 4.22. The summed E-state index contributed by atoms with van der Waals surface area (Å²) in [7, 11) is -2.48. The summed E-state index contributed by atoms with van der Waals surface area (Å²) in [6.45, 7) is 7.17. The van der Waals surface area contributed by atoms with Gasteiger partial charge in [-0.15, -0.1) is 0 Å². The van der Waals surface area contributed by atoms with Gasteiger partial charge in [0.2, 0.25) is 0 Å². The first-order valence-electron chi connectivity index (χ1n) is 11.1. The molecule has 0 aliphatic carbocycles. The van der Waals surface area contributed by atoms with Gasteiger partial charge in [0.25, 0.3) is 15.9 Å². The zero-order valence-electron chi connectivity index (χ0n) is 20.5. The zero-order valence-corrected chi connectivity index (χ0v) is 21.3. The number of para-hydroxylation sites is 1. The molecule has 0 unspecified atom stereocenters. The average Bonchev–Trinajstić information content (AvgIpc) is 2.87. The number of rotatable bonds is 11. The fourth-order valence-electron chi connectivity index (χ4n) is 3.36. The Morgan fingerprint density at radius 2 is 1.78 bits per heavy atom. The smallest absolute Gasteiger partial charge is 0.264 e. The van der Waals surface area contributed by atoms with Crippen molar-refractivity contribution in [2.45, 2.75) is 18.7 Å². The third kappa shape index (κ3) is 6.51. The summed E-state index contributed by atoms with van der Waals surface area (Å²) in [6.07, 6.45) is 3.06. The number of hydrogen-bond donors (Lipinski definition) is 1. The van der Waals surface area contributed by atoms with Crippen molar-refractivity contribution in [3.63, 3.8) is 0 Å². The minimum absolute atomic E-state index is 0.0958. The van der Waals surface area contributed by atoms with Crippen LogP contribution in [-0.4, -0.2) is 40.8 Å². The molecule has 0 heterocycles. The molecule has 9 heteroatoms. The summed E-state index contributed by atoms with van der Waals surface area (Å²) >= 11 is 0. The van der Waals surface area contributed by atoms with E-state index in [2.05, 4.69) is 17.1 Å². The Bertz CT molecular complexity index is 1350. The number of amides is 1. The van der Waals surface area contributed by atoms with Crippen LogP contribution in [0.4, 0.5) is 5.69 Å². The molecule has 0 saturated heterocycles. The second-order valence-corrected chi connectivity index (χ2v) is 9.78. The molecule has 0 bridgehead atoms. The second kappa shape index (κ2) is 12.0. The topological polar surface area (TPSA) is 97.3 Å². The van der Waals surface area contributed by atoms with Crippen molar-refractivity contribution in [2.24, 2.45) is 5.10 Å². The van der Waals surface area contributed by atoms with Crippen LogP contribution < -0.4 is 19.2 Å². The summed E-state index contributed by atoms with van der Waals surface area (Å²) in [6, 6.07) is 18.7. The number of nitrogens with zero attached hydrogens (tertiary/aromatic N) is 2. The van der Waals surface area contributed by atoms with Crippen LogP contribution in [0.15, 0.2) is 89.4 Å². The van der Waals surface area contributed by atoms with Crippen molar-refractivity contribution in [3.05, 3.63) is 96.1 Å². The van der Waals surface area contributed by atoms with Gasteiger partial charge in [0.05, 0.1) is 23.9 Å². The van der Waals surface area contributed by atoms with Crippen LogP contribution in [0.5, 0.6) is 11.5 Å². The first-order valence-corrected chi connectivity index (χ1v) is 12.6. The molecule has 8 nitrogen and oxygen atoms in total. The van der Waals surface area contributed by atoms with Gasteiger partial charge in [-0.3, -0.25) is 9.10 Å². The molecule has 0 saturated carbocycles. The van der Waals surface area contributed by atoms with E-state index < -0.39 is 22.5 Å². The lowest BCUT2D eigenvalue weighted by Gasteiger charge is -2.25. The normalized spacial score (nSPS) is 11.2. The number of aryl methyl sites for hydroxylation is 2. The zero-order chi connectivity index (χ0) is 26.1. The number of hydrazone groups is 1. The molecule has 3 aromatic rings. The van der Waals surface area contributed by atoms with Crippen LogP contribution in [0.3, 0.4) is 0 Å². The maximum atomic E-state index is 13.5.